The normalized spacial score (nSPS) is 18.3. The van der Waals surface area contributed by atoms with Crippen LogP contribution in [0.3, 0.4) is 0 Å². The Kier molecular flexibility index (Phi) is 9.83. The molecule has 0 aromatic rings. The molecule has 0 aromatic carbocycles. The second-order valence-electron chi connectivity index (χ2n) is 7.15. The zero-order valence-corrected chi connectivity index (χ0v) is 16.7. The van der Waals surface area contributed by atoms with E-state index in [-0.39, 0.29) is 0 Å². The average Bonchev–Trinajstić information content (AvgIpc) is 2.46. The van der Waals surface area contributed by atoms with Gasteiger partial charge in [-0.25, -0.2) is 0 Å². The minimum absolute atomic E-state index is 0.865. The van der Waals surface area contributed by atoms with Gasteiger partial charge in [0.2, 0.25) is 0 Å². The predicted octanol–water partition coefficient (Wildman–Crippen LogP) is 2.51. The molecule has 1 heterocycles. The van der Waals surface area contributed by atoms with Crippen molar-refractivity contribution < 1.29 is 4.43 Å². The Bertz CT molecular complexity index is 275. The summed E-state index contributed by atoms with van der Waals surface area (Å²) in [6, 6.07) is 0. The summed E-state index contributed by atoms with van der Waals surface area (Å²) >= 11 is 0. The van der Waals surface area contributed by atoms with Gasteiger partial charge in [0.05, 0.1) is 0 Å². The third kappa shape index (κ3) is 8.06. The van der Waals surface area contributed by atoms with E-state index >= 15 is 0 Å². The molecule has 0 N–H and O–H groups in total. The van der Waals surface area contributed by atoms with Gasteiger partial charge >= 0.3 is 0 Å². The topological polar surface area (TPSA) is 19.0 Å². The highest BCUT2D eigenvalue weighted by Crippen LogP contribution is 2.10. The summed E-state index contributed by atoms with van der Waals surface area (Å²) in [6.45, 7) is 22.1. The first-order valence-electron chi connectivity index (χ1n) is 9.31. The highest BCUT2D eigenvalue weighted by atomic mass is 28.4. The van der Waals surface area contributed by atoms with E-state index in [1.54, 1.807) is 0 Å². The van der Waals surface area contributed by atoms with Crippen LogP contribution >= 0.6 is 0 Å². The lowest BCUT2D eigenvalue weighted by Crippen LogP contribution is -2.53. The van der Waals surface area contributed by atoms with Gasteiger partial charge in [-0.2, -0.15) is 0 Å². The summed E-state index contributed by atoms with van der Waals surface area (Å²) in [7, 11) is -1.47. The summed E-state index contributed by atoms with van der Waals surface area (Å²) in [5.41, 5.74) is 0. The smallest absolute Gasteiger partial charge is 0.200 e. The number of hydrogen-bond donors (Lipinski definition) is 0. The fraction of sp³-hybridized carbons (Fsp3) is 1.00. The standard InChI is InChI=1S/C17H39N3OSi/c1-6-9-18(10-7-2)11-12-19-13-15-20(16-14-19)17-22(4,5)21-8-3/h6-17H2,1-5H3. The Morgan fingerprint density at radius 3 is 1.91 bits per heavy atom. The Hall–Kier alpha value is 0.0569. The van der Waals surface area contributed by atoms with Gasteiger partial charge in [-0.3, -0.25) is 4.90 Å². The maximum absolute atomic E-state index is 5.97. The van der Waals surface area contributed by atoms with Crippen LogP contribution in [0.4, 0.5) is 0 Å². The van der Waals surface area contributed by atoms with Crippen LogP contribution in [-0.2, 0) is 4.43 Å². The molecule has 132 valence electrons. The SMILES string of the molecule is CCCN(CCC)CCN1CCN(C[Si](C)(C)OCC)CC1. The average molecular weight is 330 g/mol. The maximum atomic E-state index is 5.97. The molecule has 0 saturated carbocycles. The van der Waals surface area contributed by atoms with Crippen LogP contribution in [-0.4, -0.2) is 88.2 Å². The van der Waals surface area contributed by atoms with E-state index in [2.05, 4.69) is 48.6 Å². The van der Waals surface area contributed by atoms with E-state index in [4.69, 9.17) is 4.43 Å². The van der Waals surface area contributed by atoms with E-state index in [0.29, 0.717) is 0 Å². The molecule has 0 bridgehead atoms. The first kappa shape index (κ1) is 20.1. The molecule has 0 aliphatic carbocycles. The lowest BCUT2D eigenvalue weighted by atomic mass is 10.3. The van der Waals surface area contributed by atoms with Crippen molar-refractivity contribution in [2.75, 3.05) is 65.1 Å². The number of hydrogen-bond acceptors (Lipinski definition) is 4. The molecule has 0 aromatic heterocycles. The molecule has 1 aliphatic rings. The zero-order chi connectivity index (χ0) is 16.4. The molecule has 0 atom stereocenters. The van der Waals surface area contributed by atoms with Gasteiger partial charge in [-0.05, 0) is 45.9 Å². The number of piperazine rings is 1. The molecule has 0 amide bonds. The third-order valence-corrected chi connectivity index (χ3v) is 6.70. The second kappa shape index (κ2) is 10.8. The van der Waals surface area contributed by atoms with Crippen molar-refractivity contribution in [1.29, 1.82) is 0 Å². The molecule has 1 rings (SSSR count). The highest BCUT2D eigenvalue weighted by Gasteiger charge is 2.27. The molecule has 0 spiro atoms. The Labute approximate surface area is 139 Å². The Morgan fingerprint density at radius 1 is 0.864 bits per heavy atom. The maximum Gasteiger partial charge on any atom is 0.200 e. The number of nitrogens with zero attached hydrogens (tertiary/aromatic N) is 3. The van der Waals surface area contributed by atoms with E-state index < -0.39 is 8.32 Å². The van der Waals surface area contributed by atoms with Gasteiger partial charge in [0, 0.05) is 52.0 Å². The van der Waals surface area contributed by atoms with Gasteiger partial charge in [-0.1, -0.05) is 13.8 Å². The van der Waals surface area contributed by atoms with Crippen molar-refractivity contribution in [3.63, 3.8) is 0 Å². The number of rotatable bonds is 11. The summed E-state index contributed by atoms with van der Waals surface area (Å²) < 4.78 is 5.97. The first-order valence-corrected chi connectivity index (χ1v) is 12.4. The van der Waals surface area contributed by atoms with Gasteiger partial charge in [0.1, 0.15) is 0 Å². The minimum Gasteiger partial charge on any atom is -0.416 e. The van der Waals surface area contributed by atoms with E-state index in [1.165, 1.54) is 71.4 Å². The highest BCUT2D eigenvalue weighted by molar-refractivity contribution is 6.71. The molecular formula is C17H39N3OSi. The third-order valence-electron chi connectivity index (χ3n) is 4.42. The molecule has 1 aliphatic heterocycles. The fourth-order valence-electron chi connectivity index (χ4n) is 3.40. The monoisotopic (exact) mass is 329 g/mol. The van der Waals surface area contributed by atoms with E-state index in [1.807, 2.05) is 0 Å². The van der Waals surface area contributed by atoms with Crippen LogP contribution in [0, 0.1) is 0 Å². The molecule has 0 radical (unpaired) electrons. The van der Waals surface area contributed by atoms with Crippen molar-refractivity contribution in [2.24, 2.45) is 0 Å². The van der Waals surface area contributed by atoms with Crippen molar-refractivity contribution in [3.05, 3.63) is 0 Å². The molecule has 1 saturated heterocycles. The van der Waals surface area contributed by atoms with Crippen LogP contribution < -0.4 is 0 Å². The van der Waals surface area contributed by atoms with Crippen molar-refractivity contribution in [1.82, 2.24) is 14.7 Å². The summed E-state index contributed by atoms with van der Waals surface area (Å²) in [6.07, 6.45) is 3.72. The summed E-state index contributed by atoms with van der Waals surface area (Å²) in [4.78, 5) is 7.88. The summed E-state index contributed by atoms with van der Waals surface area (Å²) in [5.74, 6) is 0. The van der Waals surface area contributed by atoms with Gasteiger partial charge in [-0.15, -0.1) is 0 Å². The molecular weight excluding hydrogens is 290 g/mol. The zero-order valence-electron chi connectivity index (χ0n) is 15.7. The van der Waals surface area contributed by atoms with E-state index in [0.717, 1.165) is 6.61 Å². The lowest BCUT2D eigenvalue weighted by Gasteiger charge is -2.38. The molecule has 22 heavy (non-hydrogen) atoms. The van der Waals surface area contributed by atoms with Crippen LogP contribution in [0.5, 0.6) is 0 Å². The van der Waals surface area contributed by atoms with Crippen molar-refractivity contribution in [2.45, 2.75) is 46.7 Å². The summed E-state index contributed by atoms with van der Waals surface area (Å²) in [5, 5.41) is 0. The van der Waals surface area contributed by atoms with Crippen LogP contribution in [0.2, 0.25) is 13.1 Å². The van der Waals surface area contributed by atoms with Crippen LogP contribution in [0.25, 0.3) is 0 Å². The van der Waals surface area contributed by atoms with Crippen LogP contribution in [0.15, 0.2) is 0 Å². The Morgan fingerprint density at radius 2 is 1.41 bits per heavy atom. The van der Waals surface area contributed by atoms with Crippen LogP contribution in [0.1, 0.15) is 33.6 Å². The second-order valence-corrected chi connectivity index (χ2v) is 11.3. The molecule has 0 unspecified atom stereocenters. The quantitative estimate of drug-likeness (QED) is 0.542. The van der Waals surface area contributed by atoms with Gasteiger partial charge in [0.15, 0.2) is 8.32 Å². The van der Waals surface area contributed by atoms with Gasteiger partial charge in [0.25, 0.3) is 0 Å². The minimum atomic E-state index is -1.47. The molecule has 1 fully saturated rings. The van der Waals surface area contributed by atoms with Gasteiger partial charge < -0.3 is 14.2 Å². The molecule has 5 heteroatoms. The molecule has 4 nitrogen and oxygen atoms in total. The predicted molar refractivity (Wildman–Crippen MR) is 99.0 cm³/mol. The fourth-order valence-corrected chi connectivity index (χ4v) is 5.66. The lowest BCUT2D eigenvalue weighted by molar-refractivity contribution is 0.125. The van der Waals surface area contributed by atoms with Crippen molar-refractivity contribution >= 4 is 8.32 Å². The largest absolute Gasteiger partial charge is 0.416 e. The Balaban J connectivity index is 2.24. The van der Waals surface area contributed by atoms with Crippen molar-refractivity contribution in [3.8, 4) is 0 Å². The first-order chi connectivity index (χ1) is 10.5. The van der Waals surface area contributed by atoms with E-state index in [9.17, 15) is 0 Å².